The van der Waals surface area contributed by atoms with E-state index in [1.807, 2.05) is 12.1 Å². The highest BCUT2D eigenvalue weighted by molar-refractivity contribution is 5.96. The fourth-order valence-corrected chi connectivity index (χ4v) is 1.15. The van der Waals surface area contributed by atoms with Crippen molar-refractivity contribution in [2.24, 2.45) is 5.73 Å². The molecule has 3 N–H and O–H groups in total. The maximum atomic E-state index is 10.9. The van der Waals surface area contributed by atoms with Gasteiger partial charge in [-0.2, -0.15) is 5.26 Å². The Labute approximate surface area is 93.6 Å². The van der Waals surface area contributed by atoms with Crippen molar-refractivity contribution >= 4 is 5.91 Å². The number of allylic oxidation sites excluding steroid dienone is 1. The SMILES string of the molecule is C/C(NCc1ccncc1)=C(/C#N)C(N)=O. The second-order valence-corrected chi connectivity index (χ2v) is 3.19. The number of hydrogen-bond donors (Lipinski definition) is 2. The molecule has 0 fully saturated rings. The van der Waals surface area contributed by atoms with Gasteiger partial charge in [-0.25, -0.2) is 0 Å². The molecule has 0 aromatic carbocycles. The molecule has 0 aliphatic heterocycles. The maximum Gasteiger partial charge on any atom is 0.261 e. The molecule has 1 aromatic rings. The predicted molar refractivity (Wildman–Crippen MR) is 58.6 cm³/mol. The van der Waals surface area contributed by atoms with Crippen LogP contribution < -0.4 is 11.1 Å². The third kappa shape index (κ3) is 3.10. The summed E-state index contributed by atoms with van der Waals surface area (Å²) in [6, 6.07) is 5.46. The van der Waals surface area contributed by atoms with Gasteiger partial charge in [-0.1, -0.05) is 0 Å². The van der Waals surface area contributed by atoms with Crippen LogP contribution in [0.5, 0.6) is 0 Å². The molecule has 0 bridgehead atoms. The molecule has 0 aliphatic rings. The zero-order valence-electron chi connectivity index (χ0n) is 8.90. The summed E-state index contributed by atoms with van der Waals surface area (Å²) in [6.07, 6.45) is 3.35. The van der Waals surface area contributed by atoms with Gasteiger partial charge in [0.15, 0.2) is 0 Å². The molecule has 0 saturated heterocycles. The molecular formula is C11H12N4O. The summed E-state index contributed by atoms with van der Waals surface area (Å²) in [4.78, 5) is 14.8. The van der Waals surface area contributed by atoms with E-state index in [0.29, 0.717) is 12.2 Å². The number of nitriles is 1. The number of aromatic nitrogens is 1. The minimum absolute atomic E-state index is 0.0472. The van der Waals surface area contributed by atoms with Crippen LogP contribution in [-0.4, -0.2) is 10.9 Å². The molecule has 1 amide bonds. The van der Waals surface area contributed by atoms with E-state index in [9.17, 15) is 4.79 Å². The van der Waals surface area contributed by atoms with Gasteiger partial charge >= 0.3 is 0 Å². The van der Waals surface area contributed by atoms with E-state index in [2.05, 4.69) is 10.3 Å². The Balaban J connectivity index is 2.69. The third-order valence-corrected chi connectivity index (χ3v) is 2.04. The van der Waals surface area contributed by atoms with Crippen LogP contribution >= 0.6 is 0 Å². The van der Waals surface area contributed by atoms with Crippen molar-refractivity contribution in [2.75, 3.05) is 0 Å². The first kappa shape index (κ1) is 11.7. The average molecular weight is 216 g/mol. The highest BCUT2D eigenvalue weighted by Gasteiger charge is 2.07. The molecule has 16 heavy (non-hydrogen) atoms. The first-order chi connectivity index (χ1) is 7.65. The molecule has 0 aliphatic carbocycles. The molecule has 5 heteroatoms. The second kappa shape index (κ2) is 5.51. The lowest BCUT2D eigenvalue weighted by molar-refractivity contribution is -0.114. The number of carbonyl (C=O) groups is 1. The topological polar surface area (TPSA) is 91.8 Å². The van der Waals surface area contributed by atoms with Crippen molar-refractivity contribution in [2.45, 2.75) is 13.5 Å². The Kier molecular flexibility index (Phi) is 4.04. The molecule has 0 saturated carbocycles. The van der Waals surface area contributed by atoms with Gasteiger partial charge in [0.05, 0.1) is 0 Å². The molecule has 5 nitrogen and oxygen atoms in total. The van der Waals surface area contributed by atoms with Gasteiger partial charge in [0.25, 0.3) is 5.91 Å². The van der Waals surface area contributed by atoms with Gasteiger partial charge in [-0.3, -0.25) is 9.78 Å². The number of amides is 1. The van der Waals surface area contributed by atoms with Gasteiger partial charge in [-0.05, 0) is 24.6 Å². The van der Waals surface area contributed by atoms with Crippen LogP contribution in [0.1, 0.15) is 12.5 Å². The second-order valence-electron chi connectivity index (χ2n) is 3.19. The van der Waals surface area contributed by atoms with Crippen LogP contribution in [-0.2, 0) is 11.3 Å². The Morgan fingerprint density at radius 2 is 2.19 bits per heavy atom. The van der Waals surface area contributed by atoms with Crippen LogP contribution in [0.4, 0.5) is 0 Å². The van der Waals surface area contributed by atoms with E-state index in [0.717, 1.165) is 5.56 Å². The zero-order valence-corrected chi connectivity index (χ0v) is 8.90. The van der Waals surface area contributed by atoms with E-state index in [4.69, 9.17) is 11.0 Å². The number of primary amides is 1. The molecular weight excluding hydrogens is 204 g/mol. The van der Waals surface area contributed by atoms with E-state index < -0.39 is 5.91 Å². The quantitative estimate of drug-likeness (QED) is 0.564. The Hall–Kier alpha value is -2.35. The van der Waals surface area contributed by atoms with E-state index in [1.165, 1.54) is 0 Å². The van der Waals surface area contributed by atoms with Crippen LogP contribution in [0.3, 0.4) is 0 Å². The number of carbonyl (C=O) groups excluding carboxylic acids is 1. The van der Waals surface area contributed by atoms with Crippen molar-refractivity contribution in [1.82, 2.24) is 10.3 Å². The van der Waals surface area contributed by atoms with Gasteiger partial charge < -0.3 is 11.1 Å². The first-order valence-corrected chi connectivity index (χ1v) is 4.68. The van der Waals surface area contributed by atoms with Crippen LogP contribution in [0, 0.1) is 11.3 Å². The zero-order chi connectivity index (χ0) is 12.0. The number of nitrogens with two attached hydrogens (primary N) is 1. The highest BCUT2D eigenvalue weighted by atomic mass is 16.1. The van der Waals surface area contributed by atoms with Crippen molar-refractivity contribution < 1.29 is 4.79 Å². The summed E-state index contributed by atoms with van der Waals surface area (Å²) in [7, 11) is 0. The smallest absolute Gasteiger partial charge is 0.261 e. The number of hydrogen-bond acceptors (Lipinski definition) is 4. The molecule has 0 radical (unpaired) electrons. The summed E-state index contributed by atoms with van der Waals surface area (Å²) in [5.41, 5.74) is 6.49. The lowest BCUT2D eigenvalue weighted by Crippen LogP contribution is -2.20. The maximum absolute atomic E-state index is 10.9. The summed E-state index contributed by atoms with van der Waals surface area (Å²) >= 11 is 0. The fraction of sp³-hybridized carbons (Fsp3) is 0.182. The lowest BCUT2D eigenvalue weighted by Gasteiger charge is -2.07. The molecule has 1 aromatic heterocycles. The van der Waals surface area contributed by atoms with Crippen LogP contribution in [0.2, 0.25) is 0 Å². The van der Waals surface area contributed by atoms with Crippen LogP contribution in [0.15, 0.2) is 35.8 Å². The Morgan fingerprint density at radius 3 is 2.69 bits per heavy atom. The fourth-order valence-electron chi connectivity index (χ4n) is 1.15. The molecule has 82 valence electrons. The molecule has 1 heterocycles. The third-order valence-electron chi connectivity index (χ3n) is 2.04. The van der Waals surface area contributed by atoms with Gasteiger partial charge in [0.1, 0.15) is 11.6 Å². The number of nitrogens with one attached hydrogen (secondary N) is 1. The summed E-state index contributed by atoms with van der Waals surface area (Å²) in [5, 5.41) is 11.7. The number of rotatable bonds is 4. The number of pyridine rings is 1. The lowest BCUT2D eigenvalue weighted by atomic mass is 10.2. The minimum atomic E-state index is -0.720. The Morgan fingerprint density at radius 1 is 1.56 bits per heavy atom. The molecule has 0 atom stereocenters. The average Bonchev–Trinajstić information content (AvgIpc) is 2.28. The summed E-state index contributed by atoms with van der Waals surface area (Å²) in [5.74, 6) is -0.720. The van der Waals surface area contributed by atoms with Crippen LogP contribution in [0.25, 0.3) is 0 Å². The minimum Gasteiger partial charge on any atom is -0.383 e. The molecule has 0 unspecified atom stereocenters. The summed E-state index contributed by atoms with van der Waals surface area (Å²) in [6.45, 7) is 2.16. The van der Waals surface area contributed by atoms with Crippen molar-refractivity contribution in [3.8, 4) is 6.07 Å². The number of nitrogens with zero attached hydrogens (tertiary/aromatic N) is 2. The normalized spacial score (nSPS) is 11.2. The van der Waals surface area contributed by atoms with Gasteiger partial charge in [0.2, 0.25) is 0 Å². The van der Waals surface area contributed by atoms with Crippen molar-refractivity contribution in [1.29, 1.82) is 5.26 Å². The predicted octanol–water partition coefficient (Wildman–Crippen LogP) is 0.454. The molecule has 0 spiro atoms. The summed E-state index contributed by atoms with van der Waals surface area (Å²) < 4.78 is 0. The van der Waals surface area contributed by atoms with E-state index in [1.54, 1.807) is 25.4 Å². The standard InChI is InChI=1S/C11H12N4O/c1-8(10(6-12)11(13)16)15-7-9-2-4-14-5-3-9/h2-5,15H,7H2,1H3,(H2,13,16)/b10-8+. The van der Waals surface area contributed by atoms with Gasteiger partial charge in [-0.15, -0.1) is 0 Å². The van der Waals surface area contributed by atoms with Gasteiger partial charge in [0, 0.05) is 24.6 Å². The highest BCUT2D eigenvalue weighted by Crippen LogP contribution is 2.02. The van der Waals surface area contributed by atoms with Crippen molar-refractivity contribution in [3.63, 3.8) is 0 Å². The van der Waals surface area contributed by atoms with Crippen molar-refractivity contribution in [3.05, 3.63) is 41.4 Å². The first-order valence-electron chi connectivity index (χ1n) is 4.68. The Bertz CT molecular complexity index is 445. The van der Waals surface area contributed by atoms with E-state index in [-0.39, 0.29) is 5.57 Å². The monoisotopic (exact) mass is 216 g/mol. The molecule has 1 rings (SSSR count). The largest absolute Gasteiger partial charge is 0.383 e. The van der Waals surface area contributed by atoms with E-state index >= 15 is 0 Å².